The molecule has 0 atom stereocenters. The summed E-state index contributed by atoms with van der Waals surface area (Å²) in [6, 6.07) is 0. The minimum atomic E-state index is 1.05. The van der Waals surface area contributed by atoms with Crippen molar-refractivity contribution in [3.05, 3.63) is 23.5 Å². The maximum atomic E-state index is 4.34. The number of aliphatic imine (C=N–C) groups is 1. The molecule has 1 N–H and O–H groups in total. The van der Waals surface area contributed by atoms with Crippen LogP contribution in [0.3, 0.4) is 0 Å². The predicted molar refractivity (Wildman–Crippen MR) is 57.9 cm³/mol. The molecule has 0 spiro atoms. The molecule has 1 aliphatic heterocycles. The summed E-state index contributed by atoms with van der Waals surface area (Å²) in [6.45, 7) is 5.05. The molecule has 0 radical (unpaired) electrons. The van der Waals surface area contributed by atoms with Crippen LogP contribution in [0, 0.1) is 0 Å². The van der Waals surface area contributed by atoms with Gasteiger partial charge >= 0.3 is 0 Å². The quantitative estimate of drug-likeness (QED) is 0.646. The number of hydrogen-bond donors (Lipinski definition) is 1. The van der Waals surface area contributed by atoms with E-state index in [1.165, 1.54) is 18.4 Å². The minimum Gasteiger partial charge on any atom is -0.370 e. The third-order valence-corrected chi connectivity index (χ3v) is 2.10. The van der Waals surface area contributed by atoms with Crippen LogP contribution in [-0.2, 0) is 0 Å². The highest BCUT2D eigenvalue weighted by Gasteiger charge is 2.06. The van der Waals surface area contributed by atoms with Gasteiger partial charge in [0.2, 0.25) is 0 Å². The van der Waals surface area contributed by atoms with Gasteiger partial charge in [0.15, 0.2) is 0 Å². The zero-order chi connectivity index (χ0) is 9.52. The van der Waals surface area contributed by atoms with E-state index in [0.29, 0.717) is 0 Å². The Morgan fingerprint density at radius 1 is 1.31 bits per heavy atom. The molecule has 13 heavy (non-hydrogen) atoms. The number of rotatable bonds is 2. The molecule has 0 unspecified atom stereocenters. The molecule has 1 rings (SSSR count). The Morgan fingerprint density at radius 2 is 2.15 bits per heavy atom. The van der Waals surface area contributed by atoms with Gasteiger partial charge in [0.25, 0.3) is 0 Å². The van der Waals surface area contributed by atoms with Crippen LogP contribution in [0.15, 0.2) is 28.5 Å². The van der Waals surface area contributed by atoms with E-state index in [1.807, 2.05) is 20.1 Å². The summed E-state index contributed by atoms with van der Waals surface area (Å²) in [5.74, 6) is 1.05. The van der Waals surface area contributed by atoms with Crippen LogP contribution in [0.4, 0.5) is 0 Å². The lowest BCUT2D eigenvalue weighted by Gasteiger charge is -2.05. The molecule has 2 heteroatoms. The molecule has 0 saturated carbocycles. The van der Waals surface area contributed by atoms with Crippen molar-refractivity contribution in [3.8, 4) is 0 Å². The summed E-state index contributed by atoms with van der Waals surface area (Å²) < 4.78 is 0. The van der Waals surface area contributed by atoms with Crippen LogP contribution in [0.2, 0.25) is 0 Å². The second-order valence-corrected chi connectivity index (χ2v) is 3.15. The van der Waals surface area contributed by atoms with E-state index in [0.717, 1.165) is 18.8 Å². The van der Waals surface area contributed by atoms with Gasteiger partial charge in [-0.15, -0.1) is 0 Å². The number of nitrogens with zero attached hydrogens (tertiary/aromatic N) is 1. The zero-order valence-electron chi connectivity index (χ0n) is 8.51. The number of hydrogen-bond acceptors (Lipinski definition) is 2. The van der Waals surface area contributed by atoms with Crippen molar-refractivity contribution in [1.82, 2.24) is 5.32 Å². The third-order valence-electron chi connectivity index (χ3n) is 2.10. The van der Waals surface area contributed by atoms with E-state index < -0.39 is 0 Å². The lowest BCUT2D eigenvalue weighted by molar-refractivity contribution is 0.713. The van der Waals surface area contributed by atoms with Crippen molar-refractivity contribution in [2.24, 2.45) is 4.99 Å². The topological polar surface area (TPSA) is 24.4 Å². The molecule has 1 heterocycles. The summed E-state index contributed by atoms with van der Waals surface area (Å²) >= 11 is 0. The van der Waals surface area contributed by atoms with E-state index in [-0.39, 0.29) is 0 Å². The van der Waals surface area contributed by atoms with Crippen molar-refractivity contribution >= 4 is 6.21 Å². The highest BCUT2D eigenvalue weighted by atomic mass is 15.0. The summed E-state index contributed by atoms with van der Waals surface area (Å²) in [7, 11) is 0. The second-order valence-electron chi connectivity index (χ2n) is 3.15. The van der Waals surface area contributed by atoms with E-state index in [4.69, 9.17) is 0 Å². The van der Waals surface area contributed by atoms with Crippen LogP contribution in [0.5, 0.6) is 0 Å². The standard InChI is InChI=1S/C11H18N2/c1-3-7-10-8-5-6-9-13-11(10)12-4-2/h3-4,7,13H,5-6,8-9H2,1-2H3/b7-3-,12-4?. The Bertz CT molecular complexity index is 212. The first-order valence-electron chi connectivity index (χ1n) is 4.97. The molecule has 0 fully saturated rings. The molecular weight excluding hydrogens is 160 g/mol. The fourth-order valence-electron chi connectivity index (χ4n) is 1.50. The SMILES string of the molecule is CC=NC1=C(/C=C\C)CCCCN1. The maximum absolute atomic E-state index is 4.34. The van der Waals surface area contributed by atoms with Gasteiger partial charge in [0.1, 0.15) is 5.82 Å². The fraction of sp³-hybridized carbons (Fsp3) is 0.545. The molecule has 2 nitrogen and oxygen atoms in total. The van der Waals surface area contributed by atoms with Crippen molar-refractivity contribution in [2.45, 2.75) is 33.1 Å². The van der Waals surface area contributed by atoms with Crippen molar-refractivity contribution in [1.29, 1.82) is 0 Å². The zero-order valence-corrected chi connectivity index (χ0v) is 8.51. The molecule has 0 aromatic heterocycles. The Hall–Kier alpha value is -1.05. The normalized spacial score (nSPS) is 19.5. The average molecular weight is 178 g/mol. The molecule has 0 amide bonds. The summed E-state index contributed by atoms with van der Waals surface area (Å²) in [4.78, 5) is 4.34. The first-order chi connectivity index (χ1) is 6.38. The van der Waals surface area contributed by atoms with E-state index in [2.05, 4.69) is 22.5 Å². The van der Waals surface area contributed by atoms with Gasteiger partial charge in [-0.3, -0.25) is 0 Å². The van der Waals surface area contributed by atoms with Crippen LogP contribution >= 0.6 is 0 Å². The lowest BCUT2D eigenvalue weighted by atomic mass is 10.1. The van der Waals surface area contributed by atoms with E-state index in [1.54, 1.807) is 0 Å². The molecule has 72 valence electrons. The largest absolute Gasteiger partial charge is 0.370 e. The van der Waals surface area contributed by atoms with Crippen molar-refractivity contribution in [2.75, 3.05) is 6.54 Å². The molecule has 0 aliphatic carbocycles. The van der Waals surface area contributed by atoms with Gasteiger partial charge in [-0.1, -0.05) is 12.2 Å². The fourth-order valence-corrected chi connectivity index (χ4v) is 1.50. The lowest BCUT2D eigenvalue weighted by Crippen LogP contribution is -2.12. The monoisotopic (exact) mass is 178 g/mol. The van der Waals surface area contributed by atoms with Gasteiger partial charge in [-0.25, -0.2) is 4.99 Å². The van der Waals surface area contributed by atoms with Gasteiger partial charge in [0.05, 0.1) is 0 Å². The highest BCUT2D eigenvalue weighted by Crippen LogP contribution is 2.16. The number of allylic oxidation sites excluding steroid dienone is 3. The summed E-state index contributed by atoms with van der Waals surface area (Å²) in [6.07, 6.45) is 9.72. The first-order valence-corrected chi connectivity index (χ1v) is 4.97. The predicted octanol–water partition coefficient (Wildman–Crippen LogP) is 2.64. The van der Waals surface area contributed by atoms with Gasteiger partial charge in [-0.2, -0.15) is 0 Å². The van der Waals surface area contributed by atoms with Crippen molar-refractivity contribution in [3.63, 3.8) is 0 Å². The highest BCUT2D eigenvalue weighted by molar-refractivity contribution is 5.55. The Balaban J connectivity index is 2.84. The van der Waals surface area contributed by atoms with E-state index in [9.17, 15) is 0 Å². The molecule has 0 saturated heterocycles. The average Bonchev–Trinajstić information content (AvgIpc) is 2.33. The Labute approximate surface area is 80.4 Å². The maximum Gasteiger partial charge on any atom is 0.128 e. The number of nitrogens with one attached hydrogen (secondary N) is 1. The molecule has 0 bridgehead atoms. The van der Waals surface area contributed by atoms with Crippen LogP contribution in [0.1, 0.15) is 33.1 Å². The van der Waals surface area contributed by atoms with E-state index >= 15 is 0 Å². The Kier molecular flexibility index (Phi) is 4.30. The Morgan fingerprint density at radius 3 is 2.85 bits per heavy atom. The molecule has 1 aliphatic rings. The smallest absolute Gasteiger partial charge is 0.128 e. The van der Waals surface area contributed by atoms with Crippen molar-refractivity contribution < 1.29 is 0 Å². The van der Waals surface area contributed by atoms with Crippen LogP contribution in [-0.4, -0.2) is 12.8 Å². The molecule has 0 aromatic carbocycles. The second kappa shape index (κ2) is 5.57. The van der Waals surface area contributed by atoms with Gasteiger partial charge in [-0.05, 0) is 38.7 Å². The molecule has 0 aromatic rings. The van der Waals surface area contributed by atoms with Crippen LogP contribution < -0.4 is 5.32 Å². The summed E-state index contributed by atoms with van der Waals surface area (Å²) in [5, 5.41) is 3.35. The third kappa shape index (κ3) is 3.05. The summed E-state index contributed by atoms with van der Waals surface area (Å²) in [5.41, 5.74) is 1.33. The first kappa shape index (κ1) is 10.0. The van der Waals surface area contributed by atoms with Crippen LogP contribution in [0.25, 0.3) is 0 Å². The van der Waals surface area contributed by atoms with Gasteiger partial charge in [0, 0.05) is 12.8 Å². The minimum absolute atomic E-state index is 1.05. The molecular formula is C11H18N2. The van der Waals surface area contributed by atoms with Gasteiger partial charge < -0.3 is 5.32 Å².